The fraction of sp³-hybridized carbons (Fsp3) is 0.333. The number of rotatable bonds is 2. The molecule has 0 aromatic heterocycles. The van der Waals surface area contributed by atoms with Crippen LogP contribution in [0.2, 0.25) is 0 Å². The minimum absolute atomic E-state index is 0.221. The van der Waals surface area contributed by atoms with E-state index in [2.05, 4.69) is 0 Å². The number of sulfonamides is 1. The van der Waals surface area contributed by atoms with Crippen LogP contribution in [0.4, 0.5) is 0 Å². The molecule has 6 heteroatoms. The molecule has 0 saturated carbocycles. The molecule has 2 heterocycles. The van der Waals surface area contributed by atoms with Gasteiger partial charge in [0.15, 0.2) is 0 Å². The third kappa shape index (κ3) is 2.56. The lowest BCUT2D eigenvalue weighted by Gasteiger charge is -2.22. The summed E-state index contributed by atoms with van der Waals surface area (Å²) in [4.78, 5) is 0.254. The molecule has 126 valence electrons. The van der Waals surface area contributed by atoms with Crippen molar-refractivity contribution in [2.75, 3.05) is 13.2 Å². The first kappa shape index (κ1) is 15.5. The lowest BCUT2D eigenvalue weighted by Crippen LogP contribution is -2.36. The van der Waals surface area contributed by atoms with Crippen LogP contribution in [0.5, 0.6) is 11.5 Å². The molecule has 0 radical (unpaired) electrons. The van der Waals surface area contributed by atoms with Gasteiger partial charge in [0.25, 0.3) is 0 Å². The van der Waals surface area contributed by atoms with E-state index in [0.29, 0.717) is 25.4 Å². The molecule has 2 aliphatic rings. The highest BCUT2D eigenvalue weighted by atomic mass is 32.2. The molecule has 0 spiro atoms. The first-order valence-electron chi connectivity index (χ1n) is 8.05. The van der Waals surface area contributed by atoms with Crippen LogP contribution < -0.4 is 9.47 Å². The van der Waals surface area contributed by atoms with Crippen molar-refractivity contribution >= 4 is 10.0 Å². The Morgan fingerprint density at radius 3 is 2.75 bits per heavy atom. The highest BCUT2D eigenvalue weighted by Crippen LogP contribution is 2.36. The van der Waals surface area contributed by atoms with Gasteiger partial charge in [-0.3, -0.25) is 0 Å². The van der Waals surface area contributed by atoms with E-state index in [1.54, 1.807) is 12.1 Å². The van der Waals surface area contributed by atoms with Crippen LogP contribution >= 0.6 is 0 Å². The van der Waals surface area contributed by atoms with Crippen LogP contribution in [0, 0.1) is 0 Å². The van der Waals surface area contributed by atoms with Crippen LogP contribution in [0.1, 0.15) is 18.1 Å². The van der Waals surface area contributed by atoms with Gasteiger partial charge < -0.3 is 9.47 Å². The summed E-state index contributed by atoms with van der Waals surface area (Å²) in [5, 5.41) is 0. The second-order valence-electron chi connectivity index (χ2n) is 6.18. The van der Waals surface area contributed by atoms with Gasteiger partial charge in [0.1, 0.15) is 22.5 Å². The first-order chi connectivity index (χ1) is 11.6. The predicted molar refractivity (Wildman–Crippen MR) is 89.8 cm³/mol. The average Bonchev–Trinajstić information content (AvgIpc) is 2.96. The molecule has 2 aromatic carbocycles. The van der Waals surface area contributed by atoms with Crippen molar-refractivity contribution in [3.63, 3.8) is 0 Å². The normalized spacial score (nSPS) is 20.5. The smallest absolute Gasteiger partial charge is 0.247 e. The van der Waals surface area contributed by atoms with Crippen LogP contribution in [-0.2, 0) is 23.0 Å². The van der Waals surface area contributed by atoms with Crippen molar-refractivity contribution in [2.45, 2.75) is 30.9 Å². The zero-order valence-corrected chi connectivity index (χ0v) is 14.3. The lowest BCUT2D eigenvalue weighted by atomic mass is 10.2. The summed E-state index contributed by atoms with van der Waals surface area (Å²) in [5.74, 6) is 1.25. The Hall–Kier alpha value is -2.05. The van der Waals surface area contributed by atoms with Crippen LogP contribution in [0.3, 0.4) is 0 Å². The third-order valence-electron chi connectivity index (χ3n) is 4.40. The fourth-order valence-electron chi connectivity index (χ4n) is 3.26. The number of nitrogens with zero attached hydrogens (tertiary/aromatic N) is 1. The highest BCUT2D eigenvalue weighted by Gasteiger charge is 2.34. The van der Waals surface area contributed by atoms with E-state index in [0.717, 1.165) is 23.3 Å². The standard InChI is InChI=1S/C18H19NO4S/c1-13-11-19(12-15-5-2-3-7-16(15)23-13)24(20,21)17-8-4-6-14-9-10-22-18(14)17/h2-8,13H,9-12H2,1H3/t13-/m0/s1. The highest BCUT2D eigenvalue weighted by molar-refractivity contribution is 7.89. The molecule has 1 atom stereocenters. The van der Waals surface area contributed by atoms with Gasteiger partial charge in [0.2, 0.25) is 10.0 Å². The van der Waals surface area contributed by atoms with Crippen molar-refractivity contribution in [3.05, 3.63) is 53.6 Å². The number of hydrogen-bond acceptors (Lipinski definition) is 4. The van der Waals surface area contributed by atoms with Crippen LogP contribution in [0.15, 0.2) is 47.4 Å². The van der Waals surface area contributed by atoms with E-state index in [1.165, 1.54) is 4.31 Å². The van der Waals surface area contributed by atoms with Gasteiger partial charge >= 0.3 is 0 Å². The van der Waals surface area contributed by atoms with Crippen molar-refractivity contribution in [1.29, 1.82) is 0 Å². The maximum Gasteiger partial charge on any atom is 0.247 e. The van der Waals surface area contributed by atoms with Crippen LogP contribution in [-0.4, -0.2) is 32.0 Å². The van der Waals surface area contributed by atoms with Gasteiger partial charge in [-0.05, 0) is 24.6 Å². The second-order valence-corrected chi connectivity index (χ2v) is 8.08. The lowest BCUT2D eigenvalue weighted by molar-refractivity contribution is 0.201. The average molecular weight is 345 g/mol. The summed E-state index contributed by atoms with van der Waals surface area (Å²) in [6.07, 6.45) is 0.530. The summed E-state index contributed by atoms with van der Waals surface area (Å²) >= 11 is 0. The molecule has 0 N–H and O–H groups in total. The number of para-hydroxylation sites is 2. The van der Waals surface area contributed by atoms with E-state index >= 15 is 0 Å². The Bertz CT molecular complexity index is 878. The number of ether oxygens (including phenoxy) is 2. The Morgan fingerprint density at radius 1 is 1.08 bits per heavy atom. The molecular weight excluding hydrogens is 326 g/mol. The van der Waals surface area contributed by atoms with Gasteiger partial charge in [-0.2, -0.15) is 4.31 Å². The predicted octanol–water partition coefficient (Wildman–Crippen LogP) is 2.59. The summed E-state index contributed by atoms with van der Waals surface area (Å²) in [6, 6.07) is 12.9. The van der Waals surface area contributed by atoms with Crippen molar-refractivity contribution in [3.8, 4) is 11.5 Å². The van der Waals surface area contributed by atoms with E-state index in [4.69, 9.17) is 9.47 Å². The molecule has 0 bridgehead atoms. The Morgan fingerprint density at radius 2 is 1.88 bits per heavy atom. The Labute approximate surface area is 141 Å². The topological polar surface area (TPSA) is 55.8 Å². The summed E-state index contributed by atoms with van der Waals surface area (Å²) in [7, 11) is -3.66. The zero-order chi connectivity index (χ0) is 16.7. The van der Waals surface area contributed by atoms with Crippen molar-refractivity contribution in [2.24, 2.45) is 0 Å². The fourth-order valence-corrected chi connectivity index (χ4v) is 4.92. The van der Waals surface area contributed by atoms with E-state index < -0.39 is 10.0 Å². The van der Waals surface area contributed by atoms with Crippen molar-refractivity contribution < 1.29 is 17.9 Å². The quantitative estimate of drug-likeness (QED) is 0.839. The minimum Gasteiger partial charge on any atom is -0.492 e. The molecule has 5 nitrogen and oxygen atoms in total. The summed E-state index contributed by atoms with van der Waals surface area (Å²) < 4.78 is 39.4. The molecular formula is C18H19NO4S. The first-order valence-corrected chi connectivity index (χ1v) is 9.49. The molecule has 0 aliphatic carbocycles. The van der Waals surface area contributed by atoms with Gasteiger partial charge in [0, 0.05) is 18.5 Å². The largest absolute Gasteiger partial charge is 0.492 e. The SMILES string of the molecule is C[C@H]1CN(S(=O)(=O)c2cccc3c2OCC3)Cc2ccccc2O1. The molecule has 2 aliphatic heterocycles. The van der Waals surface area contributed by atoms with E-state index in [-0.39, 0.29) is 11.0 Å². The zero-order valence-electron chi connectivity index (χ0n) is 13.4. The molecule has 0 fully saturated rings. The summed E-state index contributed by atoms with van der Waals surface area (Å²) in [5.41, 5.74) is 1.83. The third-order valence-corrected chi connectivity index (χ3v) is 6.24. The van der Waals surface area contributed by atoms with Gasteiger partial charge in [-0.1, -0.05) is 30.3 Å². The Kier molecular flexibility index (Phi) is 3.73. The number of benzene rings is 2. The van der Waals surface area contributed by atoms with E-state index in [9.17, 15) is 8.42 Å². The molecule has 24 heavy (non-hydrogen) atoms. The molecule has 4 rings (SSSR count). The molecule has 0 saturated heterocycles. The second kappa shape index (κ2) is 5.79. The molecule has 0 amide bonds. The monoisotopic (exact) mass is 345 g/mol. The number of fused-ring (bicyclic) bond motifs is 2. The maximum atomic E-state index is 13.2. The Balaban J connectivity index is 1.76. The van der Waals surface area contributed by atoms with Crippen LogP contribution in [0.25, 0.3) is 0 Å². The van der Waals surface area contributed by atoms with E-state index in [1.807, 2.05) is 37.3 Å². The maximum absolute atomic E-state index is 13.2. The van der Waals surface area contributed by atoms with Gasteiger partial charge in [0.05, 0.1) is 13.2 Å². The van der Waals surface area contributed by atoms with Gasteiger partial charge in [-0.15, -0.1) is 0 Å². The molecule has 2 aromatic rings. The minimum atomic E-state index is -3.66. The summed E-state index contributed by atoms with van der Waals surface area (Å²) in [6.45, 7) is 3.02. The van der Waals surface area contributed by atoms with Crippen molar-refractivity contribution in [1.82, 2.24) is 4.31 Å². The van der Waals surface area contributed by atoms with Gasteiger partial charge in [-0.25, -0.2) is 8.42 Å². The molecule has 0 unspecified atom stereocenters. The number of hydrogen-bond donors (Lipinski definition) is 0.